The molecule has 0 heterocycles. The molecule has 0 fully saturated rings. The molecule has 0 bridgehead atoms. The molecule has 0 aliphatic carbocycles. The largest absolute Gasteiger partial charge is 0.399 e. The highest BCUT2D eigenvalue weighted by atomic mass is 32.2. The number of benzene rings is 1. The molecule has 1 aromatic carbocycles. The van der Waals surface area contributed by atoms with E-state index in [1.54, 1.807) is 18.2 Å². The molecule has 1 aromatic rings. The van der Waals surface area contributed by atoms with Gasteiger partial charge in [0.05, 0.1) is 10.8 Å². The Morgan fingerprint density at radius 2 is 2.06 bits per heavy atom. The van der Waals surface area contributed by atoms with Crippen molar-refractivity contribution in [1.29, 1.82) is 0 Å². The van der Waals surface area contributed by atoms with Gasteiger partial charge in [0.2, 0.25) is 5.91 Å². The Labute approximate surface area is 94.5 Å². The smallest absolute Gasteiger partial charge is 0.318 e. The van der Waals surface area contributed by atoms with Crippen molar-refractivity contribution in [3.63, 3.8) is 0 Å². The van der Waals surface area contributed by atoms with E-state index in [9.17, 15) is 13.8 Å². The van der Waals surface area contributed by atoms with E-state index in [1.807, 2.05) is 5.32 Å². The van der Waals surface area contributed by atoms with Gasteiger partial charge in [0.1, 0.15) is 5.75 Å². The fraction of sp³-hybridized carbons (Fsp3) is 0.111. The number of nitrogens with one attached hydrogen (secondary N) is 1. The Kier molecular flexibility index (Phi) is 4.01. The predicted molar refractivity (Wildman–Crippen MR) is 59.9 cm³/mol. The van der Waals surface area contributed by atoms with Gasteiger partial charge in [-0.1, -0.05) is 6.07 Å². The van der Waals surface area contributed by atoms with Gasteiger partial charge in [0, 0.05) is 10.6 Å². The fourth-order valence-corrected chi connectivity index (χ4v) is 2.01. The third-order valence-corrected chi connectivity index (χ3v) is 2.95. The lowest BCUT2D eigenvalue weighted by Crippen LogP contribution is -2.37. The molecule has 0 radical (unpaired) electrons. The third-order valence-electron chi connectivity index (χ3n) is 1.65. The molecule has 0 aliphatic rings. The summed E-state index contributed by atoms with van der Waals surface area (Å²) in [6.07, 6.45) is 0. The van der Waals surface area contributed by atoms with Crippen molar-refractivity contribution in [3.8, 4) is 0 Å². The van der Waals surface area contributed by atoms with E-state index in [4.69, 9.17) is 11.5 Å². The quantitative estimate of drug-likeness (QED) is 0.623. The zero-order valence-corrected chi connectivity index (χ0v) is 9.12. The predicted octanol–water partition coefficient (Wildman–Crippen LogP) is -0.429. The molecule has 5 N–H and O–H groups in total. The number of hydrogen-bond donors (Lipinski definition) is 3. The van der Waals surface area contributed by atoms with Gasteiger partial charge >= 0.3 is 6.03 Å². The van der Waals surface area contributed by atoms with E-state index >= 15 is 0 Å². The van der Waals surface area contributed by atoms with Gasteiger partial charge < -0.3 is 11.5 Å². The zero-order valence-electron chi connectivity index (χ0n) is 8.30. The lowest BCUT2D eigenvalue weighted by atomic mass is 10.3. The summed E-state index contributed by atoms with van der Waals surface area (Å²) in [5.41, 5.74) is 10.7. The first-order valence-corrected chi connectivity index (χ1v) is 5.64. The van der Waals surface area contributed by atoms with Gasteiger partial charge in [0.25, 0.3) is 0 Å². The van der Waals surface area contributed by atoms with E-state index < -0.39 is 22.7 Å². The molecule has 1 atom stereocenters. The van der Waals surface area contributed by atoms with Crippen molar-refractivity contribution in [2.75, 3.05) is 11.5 Å². The Bertz CT molecular complexity index is 447. The SMILES string of the molecule is NC(=O)NC(=O)C[S@@](=O)c1cccc(N)c1. The van der Waals surface area contributed by atoms with Gasteiger partial charge in [0.15, 0.2) is 0 Å². The molecule has 0 saturated carbocycles. The van der Waals surface area contributed by atoms with Crippen LogP contribution in [-0.4, -0.2) is 21.9 Å². The summed E-state index contributed by atoms with van der Waals surface area (Å²) in [7, 11) is -1.54. The molecule has 7 heteroatoms. The van der Waals surface area contributed by atoms with Crippen LogP contribution in [0.5, 0.6) is 0 Å². The number of urea groups is 1. The van der Waals surface area contributed by atoms with Crippen molar-refractivity contribution in [3.05, 3.63) is 24.3 Å². The minimum Gasteiger partial charge on any atom is -0.399 e. The average Bonchev–Trinajstić information content (AvgIpc) is 2.16. The number of carbonyl (C=O) groups is 2. The van der Waals surface area contributed by atoms with Gasteiger partial charge in [-0.25, -0.2) is 4.79 Å². The first kappa shape index (κ1) is 12.2. The number of anilines is 1. The van der Waals surface area contributed by atoms with Crippen molar-refractivity contribution >= 4 is 28.4 Å². The number of hydrogen-bond acceptors (Lipinski definition) is 4. The molecule has 0 spiro atoms. The normalized spacial score (nSPS) is 11.8. The number of amides is 3. The van der Waals surface area contributed by atoms with E-state index in [0.717, 1.165) is 0 Å². The van der Waals surface area contributed by atoms with Crippen molar-refractivity contribution < 1.29 is 13.8 Å². The highest BCUT2D eigenvalue weighted by molar-refractivity contribution is 7.85. The fourth-order valence-electron chi connectivity index (χ4n) is 1.03. The van der Waals surface area contributed by atoms with Crippen LogP contribution < -0.4 is 16.8 Å². The van der Waals surface area contributed by atoms with Crippen LogP contribution in [0.1, 0.15) is 0 Å². The van der Waals surface area contributed by atoms with Crippen LogP contribution in [0.4, 0.5) is 10.5 Å². The molecule has 0 unspecified atom stereocenters. The molecule has 16 heavy (non-hydrogen) atoms. The summed E-state index contributed by atoms with van der Waals surface area (Å²) in [6, 6.07) is 5.41. The van der Waals surface area contributed by atoms with Crippen LogP contribution in [0.15, 0.2) is 29.2 Å². The van der Waals surface area contributed by atoms with E-state index in [0.29, 0.717) is 10.6 Å². The Morgan fingerprint density at radius 3 is 2.62 bits per heavy atom. The lowest BCUT2D eigenvalue weighted by Gasteiger charge is -2.02. The maximum absolute atomic E-state index is 11.6. The van der Waals surface area contributed by atoms with Crippen LogP contribution in [-0.2, 0) is 15.6 Å². The highest BCUT2D eigenvalue weighted by Crippen LogP contribution is 2.10. The number of rotatable bonds is 3. The van der Waals surface area contributed by atoms with Crippen LogP contribution in [0.2, 0.25) is 0 Å². The first-order chi connectivity index (χ1) is 7.49. The van der Waals surface area contributed by atoms with Crippen molar-refractivity contribution in [1.82, 2.24) is 5.32 Å². The number of primary amides is 1. The molecule has 6 nitrogen and oxygen atoms in total. The summed E-state index contributed by atoms with van der Waals surface area (Å²) in [5, 5.41) is 1.83. The molecular formula is C9H11N3O3S. The monoisotopic (exact) mass is 241 g/mol. The maximum Gasteiger partial charge on any atom is 0.318 e. The van der Waals surface area contributed by atoms with Gasteiger partial charge in [-0.2, -0.15) is 0 Å². The number of imide groups is 1. The number of carbonyl (C=O) groups excluding carboxylic acids is 2. The molecular weight excluding hydrogens is 230 g/mol. The van der Waals surface area contributed by atoms with E-state index in [-0.39, 0.29) is 5.75 Å². The van der Waals surface area contributed by atoms with Crippen LogP contribution in [0.25, 0.3) is 0 Å². The second-order valence-electron chi connectivity index (χ2n) is 2.97. The van der Waals surface area contributed by atoms with Gasteiger partial charge in [-0.3, -0.25) is 14.3 Å². The Morgan fingerprint density at radius 1 is 1.38 bits per heavy atom. The van der Waals surface area contributed by atoms with Crippen molar-refractivity contribution in [2.45, 2.75) is 4.90 Å². The zero-order chi connectivity index (χ0) is 12.1. The molecule has 0 aliphatic heterocycles. The number of nitrogen functional groups attached to an aromatic ring is 1. The van der Waals surface area contributed by atoms with E-state index in [2.05, 4.69) is 0 Å². The topological polar surface area (TPSA) is 115 Å². The van der Waals surface area contributed by atoms with Crippen molar-refractivity contribution in [2.24, 2.45) is 5.73 Å². The Balaban J connectivity index is 2.66. The summed E-state index contributed by atoms with van der Waals surface area (Å²) >= 11 is 0. The van der Waals surface area contributed by atoms with Crippen LogP contribution >= 0.6 is 0 Å². The van der Waals surface area contributed by atoms with E-state index in [1.165, 1.54) is 6.07 Å². The summed E-state index contributed by atoms with van der Waals surface area (Å²) in [6.45, 7) is 0. The second kappa shape index (κ2) is 5.26. The summed E-state index contributed by atoms with van der Waals surface area (Å²) < 4.78 is 11.6. The highest BCUT2D eigenvalue weighted by Gasteiger charge is 2.11. The van der Waals surface area contributed by atoms with Gasteiger partial charge in [-0.05, 0) is 18.2 Å². The number of nitrogens with two attached hydrogens (primary N) is 2. The lowest BCUT2D eigenvalue weighted by molar-refractivity contribution is -0.117. The average molecular weight is 241 g/mol. The maximum atomic E-state index is 11.6. The molecule has 86 valence electrons. The summed E-state index contributed by atoms with van der Waals surface area (Å²) in [4.78, 5) is 21.9. The first-order valence-electron chi connectivity index (χ1n) is 4.32. The molecule has 0 saturated heterocycles. The second-order valence-corrected chi connectivity index (χ2v) is 4.43. The molecule has 3 amide bonds. The van der Waals surface area contributed by atoms with Gasteiger partial charge in [-0.15, -0.1) is 0 Å². The van der Waals surface area contributed by atoms with Crippen LogP contribution in [0.3, 0.4) is 0 Å². The third kappa shape index (κ3) is 3.70. The minimum atomic E-state index is -1.54. The standard InChI is InChI=1S/C9H11N3O3S/c10-6-2-1-3-7(4-6)16(15)5-8(13)12-9(11)14/h1-4H,5,10H2,(H3,11,12,13,14)/t16-/m1/s1. The Hall–Kier alpha value is -1.89. The molecule has 1 rings (SSSR count). The van der Waals surface area contributed by atoms with Crippen LogP contribution in [0, 0.1) is 0 Å². The summed E-state index contributed by atoms with van der Waals surface area (Å²) in [5.74, 6) is -1.01. The molecule has 0 aromatic heterocycles. The minimum absolute atomic E-state index is 0.327.